The molecule has 1 N–H and O–H groups in total. The molecule has 8 heteroatoms. The predicted molar refractivity (Wildman–Crippen MR) is 84.9 cm³/mol. The van der Waals surface area contributed by atoms with Crippen molar-refractivity contribution in [3.05, 3.63) is 34.4 Å². The highest BCUT2D eigenvalue weighted by Crippen LogP contribution is 2.20. The molecule has 3 heterocycles. The van der Waals surface area contributed by atoms with Crippen LogP contribution in [0.1, 0.15) is 36.5 Å². The van der Waals surface area contributed by atoms with E-state index in [0.29, 0.717) is 36.8 Å². The highest BCUT2D eigenvalue weighted by molar-refractivity contribution is 6.31. The van der Waals surface area contributed by atoms with Crippen molar-refractivity contribution in [1.29, 1.82) is 0 Å². The number of aliphatic hydroxyl groups excluding tert-OH is 1. The summed E-state index contributed by atoms with van der Waals surface area (Å²) in [6.07, 6.45) is 1.74. The molecule has 1 atom stereocenters. The zero-order valence-corrected chi connectivity index (χ0v) is 14.0. The molecule has 0 saturated heterocycles. The summed E-state index contributed by atoms with van der Waals surface area (Å²) in [7, 11) is 0. The van der Waals surface area contributed by atoms with Gasteiger partial charge in [-0.2, -0.15) is 10.2 Å². The fourth-order valence-electron chi connectivity index (χ4n) is 2.69. The molecule has 0 saturated carbocycles. The lowest BCUT2D eigenvalue weighted by Gasteiger charge is -2.27. The molecule has 7 nitrogen and oxygen atoms in total. The maximum atomic E-state index is 12.4. The van der Waals surface area contributed by atoms with Gasteiger partial charge in [0.05, 0.1) is 41.3 Å². The summed E-state index contributed by atoms with van der Waals surface area (Å²) in [5.41, 5.74) is 2.34. The second-order valence-corrected chi connectivity index (χ2v) is 6.19. The number of rotatable bonds is 4. The average molecular weight is 338 g/mol. The fraction of sp³-hybridized carbons (Fsp3) is 0.533. The number of carbonyl (C=O) groups excluding carboxylic acids is 1. The standard InChI is InChI=1S/C15H20ClN5O2/c1-3-14(22)13-6-11-7-19(4-5-21(11)18-13)15(23)9-20-8-12(16)10(2)17-20/h6,8,14,22H,3-5,7,9H2,1-2H3. The Hall–Kier alpha value is -1.86. The number of fused-ring (bicyclic) bond motifs is 1. The molecule has 2 aromatic heterocycles. The van der Waals surface area contributed by atoms with Gasteiger partial charge in [-0.3, -0.25) is 14.2 Å². The molecule has 0 spiro atoms. The van der Waals surface area contributed by atoms with Gasteiger partial charge >= 0.3 is 0 Å². The van der Waals surface area contributed by atoms with Gasteiger partial charge in [-0.25, -0.2) is 0 Å². The molecule has 1 aliphatic rings. The van der Waals surface area contributed by atoms with E-state index in [-0.39, 0.29) is 12.5 Å². The second-order valence-electron chi connectivity index (χ2n) is 5.78. The monoisotopic (exact) mass is 337 g/mol. The predicted octanol–water partition coefficient (Wildman–Crippen LogP) is 1.53. The zero-order valence-electron chi connectivity index (χ0n) is 13.2. The minimum atomic E-state index is -0.550. The van der Waals surface area contributed by atoms with Crippen molar-refractivity contribution < 1.29 is 9.90 Å². The molecule has 124 valence electrons. The Kier molecular flexibility index (Phi) is 4.41. The van der Waals surface area contributed by atoms with Gasteiger partial charge < -0.3 is 10.0 Å². The first-order valence-corrected chi connectivity index (χ1v) is 8.07. The van der Waals surface area contributed by atoms with Crippen molar-refractivity contribution in [2.45, 2.75) is 46.0 Å². The lowest BCUT2D eigenvalue weighted by atomic mass is 10.2. The van der Waals surface area contributed by atoms with E-state index in [2.05, 4.69) is 10.2 Å². The van der Waals surface area contributed by atoms with Crippen molar-refractivity contribution in [2.24, 2.45) is 0 Å². The molecule has 3 rings (SSSR count). The smallest absolute Gasteiger partial charge is 0.244 e. The molecule has 23 heavy (non-hydrogen) atoms. The third-order valence-electron chi connectivity index (χ3n) is 4.08. The number of aryl methyl sites for hydroxylation is 1. The van der Waals surface area contributed by atoms with Gasteiger partial charge in [0.15, 0.2) is 0 Å². The minimum absolute atomic E-state index is 0.00536. The van der Waals surface area contributed by atoms with E-state index in [0.717, 1.165) is 11.4 Å². The largest absolute Gasteiger partial charge is 0.387 e. The first-order valence-electron chi connectivity index (χ1n) is 7.70. The first kappa shape index (κ1) is 16.0. The van der Waals surface area contributed by atoms with Crippen LogP contribution in [-0.2, 0) is 24.4 Å². The Bertz CT molecular complexity index is 704. The van der Waals surface area contributed by atoms with Gasteiger partial charge in [0.1, 0.15) is 6.54 Å². The van der Waals surface area contributed by atoms with Crippen LogP contribution >= 0.6 is 11.6 Å². The van der Waals surface area contributed by atoms with Gasteiger partial charge in [-0.15, -0.1) is 0 Å². The SMILES string of the molecule is CCC(O)c1cc2n(n1)CCN(C(=O)Cn1cc(Cl)c(C)n1)C2. The third kappa shape index (κ3) is 3.25. The first-order chi connectivity index (χ1) is 11.0. The Morgan fingerprint density at radius 2 is 2.22 bits per heavy atom. The minimum Gasteiger partial charge on any atom is -0.387 e. The fourth-order valence-corrected chi connectivity index (χ4v) is 2.84. The van der Waals surface area contributed by atoms with Gasteiger partial charge in [-0.1, -0.05) is 18.5 Å². The normalized spacial score (nSPS) is 15.6. The van der Waals surface area contributed by atoms with E-state index in [1.165, 1.54) is 0 Å². The highest BCUT2D eigenvalue weighted by atomic mass is 35.5. The molecular weight excluding hydrogens is 318 g/mol. The summed E-state index contributed by atoms with van der Waals surface area (Å²) in [5, 5.41) is 19.1. The van der Waals surface area contributed by atoms with Crippen LogP contribution in [0.25, 0.3) is 0 Å². The van der Waals surface area contributed by atoms with Crippen LogP contribution in [0.2, 0.25) is 5.02 Å². The number of nitrogens with zero attached hydrogens (tertiary/aromatic N) is 5. The van der Waals surface area contributed by atoms with E-state index in [9.17, 15) is 9.90 Å². The molecule has 0 aliphatic carbocycles. The van der Waals surface area contributed by atoms with Crippen LogP contribution in [-0.4, -0.2) is 42.0 Å². The summed E-state index contributed by atoms with van der Waals surface area (Å²) in [5.74, 6) is -0.00536. The van der Waals surface area contributed by atoms with E-state index in [1.807, 2.05) is 24.6 Å². The maximum absolute atomic E-state index is 12.4. The number of aliphatic hydroxyl groups is 1. The summed E-state index contributed by atoms with van der Waals surface area (Å²) in [4.78, 5) is 14.2. The summed E-state index contributed by atoms with van der Waals surface area (Å²) in [6.45, 7) is 5.63. The average Bonchev–Trinajstić information content (AvgIpc) is 3.09. The summed E-state index contributed by atoms with van der Waals surface area (Å²) in [6, 6.07) is 1.88. The van der Waals surface area contributed by atoms with Gasteiger partial charge in [0, 0.05) is 12.7 Å². The van der Waals surface area contributed by atoms with Crippen LogP contribution < -0.4 is 0 Å². The number of hydrogen-bond donors (Lipinski definition) is 1. The van der Waals surface area contributed by atoms with Crippen molar-refractivity contribution in [2.75, 3.05) is 6.54 Å². The van der Waals surface area contributed by atoms with Crippen LogP contribution in [0.5, 0.6) is 0 Å². The van der Waals surface area contributed by atoms with Crippen molar-refractivity contribution in [3.63, 3.8) is 0 Å². The zero-order chi connectivity index (χ0) is 16.6. The van der Waals surface area contributed by atoms with Crippen molar-refractivity contribution in [3.8, 4) is 0 Å². The Balaban J connectivity index is 1.68. The Morgan fingerprint density at radius 1 is 1.43 bits per heavy atom. The lowest BCUT2D eigenvalue weighted by Crippen LogP contribution is -2.40. The van der Waals surface area contributed by atoms with E-state index in [1.54, 1.807) is 15.8 Å². The summed E-state index contributed by atoms with van der Waals surface area (Å²) < 4.78 is 3.44. The van der Waals surface area contributed by atoms with Gasteiger partial charge in [0.25, 0.3) is 0 Å². The van der Waals surface area contributed by atoms with E-state index in [4.69, 9.17) is 11.6 Å². The van der Waals surface area contributed by atoms with Crippen LogP contribution in [0.4, 0.5) is 0 Å². The number of hydrogen-bond acceptors (Lipinski definition) is 4. The van der Waals surface area contributed by atoms with E-state index >= 15 is 0 Å². The van der Waals surface area contributed by atoms with Gasteiger partial charge in [0.2, 0.25) is 5.91 Å². The topological polar surface area (TPSA) is 76.2 Å². The van der Waals surface area contributed by atoms with E-state index < -0.39 is 6.10 Å². The van der Waals surface area contributed by atoms with Crippen LogP contribution in [0, 0.1) is 6.92 Å². The van der Waals surface area contributed by atoms with Crippen molar-refractivity contribution >= 4 is 17.5 Å². The number of halogens is 1. The molecule has 1 amide bonds. The molecule has 0 fully saturated rings. The summed E-state index contributed by atoms with van der Waals surface area (Å²) >= 11 is 5.97. The molecular formula is C15H20ClN5O2. The molecule has 2 aromatic rings. The molecule has 0 aromatic carbocycles. The Labute approximate surface area is 139 Å². The highest BCUT2D eigenvalue weighted by Gasteiger charge is 2.24. The Morgan fingerprint density at radius 3 is 2.87 bits per heavy atom. The molecule has 1 aliphatic heterocycles. The van der Waals surface area contributed by atoms with Crippen LogP contribution in [0.15, 0.2) is 12.3 Å². The van der Waals surface area contributed by atoms with Gasteiger partial charge in [-0.05, 0) is 19.4 Å². The lowest BCUT2D eigenvalue weighted by molar-refractivity contribution is -0.133. The van der Waals surface area contributed by atoms with Crippen molar-refractivity contribution in [1.82, 2.24) is 24.5 Å². The molecule has 1 unspecified atom stereocenters. The molecule has 0 bridgehead atoms. The molecule has 0 radical (unpaired) electrons. The number of carbonyl (C=O) groups is 1. The number of amides is 1. The number of aromatic nitrogens is 4. The maximum Gasteiger partial charge on any atom is 0.244 e. The third-order valence-corrected chi connectivity index (χ3v) is 4.45. The van der Waals surface area contributed by atoms with Crippen LogP contribution in [0.3, 0.4) is 0 Å². The quantitative estimate of drug-likeness (QED) is 0.918. The second kappa shape index (κ2) is 6.33.